The number of unbranched alkanes of at least 4 members (excludes halogenated alkanes) is 3. The minimum atomic E-state index is -2.40. The Morgan fingerprint density at radius 3 is 1.90 bits per heavy atom. The molecule has 166 valence electrons. The molecule has 0 radical (unpaired) electrons. The van der Waals surface area contributed by atoms with Crippen molar-refractivity contribution in [2.75, 3.05) is 0 Å². The summed E-state index contributed by atoms with van der Waals surface area (Å²) in [6, 6.07) is 6.98. The first-order chi connectivity index (χ1) is 13.7. The maximum absolute atomic E-state index is 12.0. The van der Waals surface area contributed by atoms with Crippen molar-refractivity contribution < 1.29 is 9.53 Å². The summed E-state index contributed by atoms with van der Waals surface area (Å²) in [5.41, 5.74) is 2.15. The first-order valence-corrected chi connectivity index (χ1v) is 19.2. The Morgan fingerprint density at radius 2 is 1.48 bits per heavy atom. The second-order valence-electron chi connectivity index (χ2n) is 9.60. The number of benzene rings is 1. The normalized spacial score (nSPS) is 12.1. The van der Waals surface area contributed by atoms with Gasteiger partial charge in [-0.05, 0) is 0 Å². The average molecular weight is 510 g/mol. The van der Waals surface area contributed by atoms with Crippen LogP contribution in [0.15, 0.2) is 18.2 Å². The molecule has 1 N–H and O–H groups in total. The zero-order valence-corrected chi connectivity index (χ0v) is 23.0. The van der Waals surface area contributed by atoms with E-state index < -0.39 is 24.0 Å². The standard InChI is InChI=1S/C13H18NO2.3C4H9.Sn/c1-10-6-5-7-11(8-10)9-14-12(15)16-13(2,3)4;3*1-3-4-2;/h5,7-8H,9H2,1-4H3,(H,14,15);3*1,3-4H2,2H3;. The van der Waals surface area contributed by atoms with E-state index in [9.17, 15) is 4.79 Å². The number of nitrogens with one attached hydrogen (secondary N) is 1. The van der Waals surface area contributed by atoms with Crippen molar-refractivity contribution in [1.29, 1.82) is 0 Å². The zero-order chi connectivity index (χ0) is 21.9. The molecule has 0 aromatic heterocycles. The molecule has 0 saturated heterocycles. The number of hydrogen-bond donors (Lipinski definition) is 1. The van der Waals surface area contributed by atoms with Gasteiger partial charge in [0.05, 0.1) is 0 Å². The molecule has 1 rings (SSSR count). The summed E-state index contributed by atoms with van der Waals surface area (Å²) >= 11 is -2.40. The Morgan fingerprint density at radius 1 is 0.966 bits per heavy atom. The van der Waals surface area contributed by atoms with Crippen LogP contribution in [0.4, 0.5) is 4.79 Å². The number of amides is 1. The molecule has 0 aliphatic carbocycles. The maximum atomic E-state index is 12.0. The fourth-order valence-electron chi connectivity index (χ4n) is 4.24. The Bertz CT molecular complexity index is 600. The summed E-state index contributed by atoms with van der Waals surface area (Å²) in [5.74, 6) is 0. The van der Waals surface area contributed by atoms with Crippen molar-refractivity contribution in [3.63, 3.8) is 0 Å². The Hall–Kier alpha value is -0.711. The third-order valence-electron chi connectivity index (χ3n) is 5.72. The zero-order valence-electron chi connectivity index (χ0n) is 20.1. The molecule has 0 aliphatic heterocycles. The third kappa shape index (κ3) is 9.31. The van der Waals surface area contributed by atoms with Crippen LogP contribution in [0.5, 0.6) is 0 Å². The molecule has 29 heavy (non-hydrogen) atoms. The molecule has 0 fully saturated rings. The van der Waals surface area contributed by atoms with Crippen LogP contribution in [0.2, 0.25) is 13.3 Å². The van der Waals surface area contributed by atoms with Crippen molar-refractivity contribution >= 4 is 28.0 Å². The van der Waals surface area contributed by atoms with E-state index in [1.807, 2.05) is 20.8 Å². The van der Waals surface area contributed by atoms with E-state index in [0.29, 0.717) is 6.54 Å². The van der Waals surface area contributed by atoms with Gasteiger partial charge in [0, 0.05) is 0 Å². The van der Waals surface area contributed by atoms with Gasteiger partial charge in [-0.3, -0.25) is 0 Å². The molecular weight excluding hydrogens is 465 g/mol. The molecule has 1 aromatic carbocycles. The van der Waals surface area contributed by atoms with Gasteiger partial charge < -0.3 is 0 Å². The van der Waals surface area contributed by atoms with Gasteiger partial charge in [-0.1, -0.05) is 0 Å². The summed E-state index contributed by atoms with van der Waals surface area (Å²) in [6.07, 6.45) is 7.69. The number of hydrogen-bond acceptors (Lipinski definition) is 2. The van der Waals surface area contributed by atoms with E-state index in [2.05, 4.69) is 51.2 Å². The van der Waals surface area contributed by atoms with Gasteiger partial charge in [-0.15, -0.1) is 0 Å². The summed E-state index contributed by atoms with van der Waals surface area (Å²) in [7, 11) is 0. The van der Waals surface area contributed by atoms with Gasteiger partial charge in [0.2, 0.25) is 0 Å². The molecule has 0 bridgehead atoms. The van der Waals surface area contributed by atoms with Crippen LogP contribution in [-0.4, -0.2) is 30.1 Å². The molecule has 0 saturated carbocycles. The van der Waals surface area contributed by atoms with Gasteiger partial charge in [-0.25, -0.2) is 0 Å². The minimum absolute atomic E-state index is 0.346. The van der Waals surface area contributed by atoms with Crippen LogP contribution in [0.25, 0.3) is 0 Å². The van der Waals surface area contributed by atoms with Crippen molar-refractivity contribution in [3.8, 4) is 0 Å². The van der Waals surface area contributed by atoms with E-state index in [1.165, 1.54) is 63.0 Å². The van der Waals surface area contributed by atoms with Crippen LogP contribution < -0.4 is 8.90 Å². The number of alkyl carbamates (subject to hydrolysis) is 1. The van der Waals surface area contributed by atoms with Gasteiger partial charge in [-0.2, -0.15) is 0 Å². The van der Waals surface area contributed by atoms with Crippen molar-refractivity contribution in [2.45, 2.75) is 112 Å². The summed E-state index contributed by atoms with van der Waals surface area (Å²) in [6.45, 7) is 15.5. The molecule has 1 amide bonds. The molecule has 1 aromatic rings. The van der Waals surface area contributed by atoms with E-state index in [-0.39, 0.29) is 6.09 Å². The molecule has 3 nitrogen and oxygen atoms in total. The van der Waals surface area contributed by atoms with E-state index >= 15 is 0 Å². The van der Waals surface area contributed by atoms with Crippen LogP contribution in [0.1, 0.15) is 91.2 Å². The summed E-state index contributed by atoms with van der Waals surface area (Å²) in [4.78, 5) is 12.0. The molecule has 0 aliphatic rings. The van der Waals surface area contributed by atoms with E-state index in [1.54, 1.807) is 3.58 Å². The Kier molecular flexibility index (Phi) is 11.7. The van der Waals surface area contributed by atoms with Gasteiger partial charge >= 0.3 is 185 Å². The molecule has 0 atom stereocenters. The molecular formula is C25H45NO2Sn. The monoisotopic (exact) mass is 511 g/mol. The fourth-order valence-corrected chi connectivity index (χ4v) is 21.4. The average Bonchev–Trinajstić information content (AvgIpc) is 2.65. The number of rotatable bonds is 12. The fraction of sp³-hybridized carbons (Fsp3) is 0.720. The second-order valence-corrected chi connectivity index (χ2v) is 22.7. The summed E-state index contributed by atoms with van der Waals surface area (Å²) in [5, 5.41) is 2.90. The quantitative estimate of drug-likeness (QED) is 0.306. The molecule has 4 heteroatoms. The Balaban J connectivity index is 3.03. The predicted octanol–water partition coefficient (Wildman–Crippen LogP) is 7.08. The second kappa shape index (κ2) is 12.9. The topological polar surface area (TPSA) is 38.3 Å². The van der Waals surface area contributed by atoms with Crippen molar-refractivity contribution in [2.24, 2.45) is 0 Å². The van der Waals surface area contributed by atoms with Gasteiger partial charge in [0.1, 0.15) is 0 Å². The van der Waals surface area contributed by atoms with Gasteiger partial charge in [0.25, 0.3) is 0 Å². The molecule has 0 spiro atoms. The predicted molar refractivity (Wildman–Crippen MR) is 129 cm³/mol. The van der Waals surface area contributed by atoms with E-state index in [0.717, 1.165) is 0 Å². The number of aryl methyl sites for hydroxylation is 1. The molecule has 0 heterocycles. The molecule has 0 unspecified atom stereocenters. The summed E-state index contributed by atoms with van der Waals surface area (Å²) < 4.78 is 11.6. The van der Waals surface area contributed by atoms with Crippen LogP contribution >= 0.6 is 0 Å². The van der Waals surface area contributed by atoms with Crippen LogP contribution in [0.3, 0.4) is 0 Å². The van der Waals surface area contributed by atoms with E-state index in [4.69, 9.17) is 4.74 Å². The third-order valence-corrected chi connectivity index (χ3v) is 21.8. The first-order valence-electron chi connectivity index (χ1n) is 11.7. The number of ether oxygens (including phenoxy) is 1. The van der Waals surface area contributed by atoms with Gasteiger partial charge in [0.15, 0.2) is 0 Å². The SMILES string of the molecule is CCC[CH2][Sn]([CH2]CCC)([CH2]CCC)[c]1ccc(CNC(=O)OC(C)(C)C)cc1C. The number of carbonyl (C=O) groups excluding carboxylic acids is 1. The van der Waals surface area contributed by atoms with Crippen LogP contribution in [0, 0.1) is 6.92 Å². The number of carbonyl (C=O) groups is 1. The first kappa shape index (κ1) is 26.3. The van der Waals surface area contributed by atoms with Crippen molar-refractivity contribution in [1.82, 2.24) is 5.32 Å². The Labute approximate surface area is 184 Å². The van der Waals surface area contributed by atoms with Crippen LogP contribution in [-0.2, 0) is 11.3 Å². The van der Waals surface area contributed by atoms with Crippen molar-refractivity contribution in [3.05, 3.63) is 29.3 Å².